The zero-order valence-electron chi connectivity index (χ0n) is 15.3. The van der Waals surface area contributed by atoms with Gasteiger partial charge in [-0.15, -0.1) is 0 Å². The molecule has 4 aromatic rings. The van der Waals surface area contributed by atoms with Crippen molar-refractivity contribution in [1.82, 2.24) is 4.98 Å². The molecule has 0 fully saturated rings. The summed E-state index contributed by atoms with van der Waals surface area (Å²) in [6.45, 7) is 0. The van der Waals surface area contributed by atoms with E-state index in [1.165, 1.54) is 7.11 Å². The van der Waals surface area contributed by atoms with Gasteiger partial charge in [0.1, 0.15) is 22.9 Å². The molecule has 4 rings (SSSR count). The number of methoxy groups -OCH3 is 1. The van der Waals surface area contributed by atoms with Crippen molar-refractivity contribution in [3.05, 3.63) is 90.5 Å². The van der Waals surface area contributed by atoms with E-state index in [1.54, 1.807) is 18.2 Å². The normalized spacial score (nSPS) is 10.5. The van der Waals surface area contributed by atoms with Gasteiger partial charge in [-0.3, -0.25) is 0 Å². The number of benzene rings is 3. The molecule has 0 aliphatic rings. The van der Waals surface area contributed by atoms with Crippen LogP contribution in [0.3, 0.4) is 0 Å². The molecular formula is C23H18N2O3. The van der Waals surface area contributed by atoms with Crippen LogP contribution in [0, 0.1) is 0 Å². The first-order chi connectivity index (χ1) is 13.7. The highest BCUT2D eigenvalue weighted by Crippen LogP contribution is 2.27. The summed E-state index contributed by atoms with van der Waals surface area (Å²) in [7, 11) is 1.35. The first kappa shape index (κ1) is 17.5. The maximum absolute atomic E-state index is 11.9. The molecule has 0 saturated heterocycles. The summed E-state index contributed by atoms with van der Waals surface area (Å²) < 4.78 is 10.6. The lowest BCUT2D eigenvalue weighted by molar-refractivity contribution is 0.0598. The minimum absolute atomic E-state index is 0.382. The Balaban J connectivity index is 1.50. The molecule has 3 aromatic carbocycles. The van der Waals surface area contributed by atoms with Crippen LogP contribution in [0.4, 0.5) is 11.5 Å². The van der Waals surface area contributed by atoms with Crippen molar-refractivity contribution in [3.63, 3.8) is 0 Å². The Morgan fingerprint density at radius 2 is 1.61 bits per heavy atom. The third-order valence-electron chi connectivity index (χ3n) is 4.25. The molecule has 0 radical (unpaired) electrons. The zero-order chi connectivity index (χ0) is 19.3. The number of para-hydroxylation sites is 2. The molecule has 0 aliphatic carbocycles. The second-order valence-corrected chi connectivity index (χ2v) is 6.13. The summed E-state index contributed by atoms with van der Waals surface area (Å²) in [6.07, 6.45) is 0. The van der Waals surface area contributed by atoms with E-state index >= 15 is 0 Å². The lowest BCUT2D eigenvalue weighted by Gasteiger charge is -2.11. The highest BCUT2D eigenvalue weighted by atomic mass is 16.5. The van der Waals surface area contributed by atoms with E-state index in [0.29, 0.717) is 17.1 Å². The van der Waals surface area contributed by atoms with Crippen molar-refractivity contribution >= 4 is 28.4 Å². The molecule has 1 N–H and O–H groups in total. The fraction of sp³-hybridized carbons (Fsp3) is 0.0435. The lowest BCUT2D eigenvalue weighted by atomic mass is 10.2. The van der Waals surface area contributed by atoms with Gasteiger partial charge in [0.05, 0.1) is 12.6 Å². The highest BCUT2D eigenvalue weighted by molar-refractivity contribution is 5.92. The predicted octanol–water partition coefficient (Wildman–Crippen LogP) is 5.56. The van der Waals surface area contributed by atoms with Gasteiger partial charge in [-0.2, -0.15) is 0 Å². The maximum Gasteiger partial charge on any atom is 0.341 e. The van der Waals surface area contributed by atoms with Gasteiger partial charge in [0, 0.05) is 11.1 Å². The van der Waals surface area contributed by atoms with Crippen molar-refractivity contribution < 1.29 is 14.3 Å². The molecule has 0 saturated carbocycles. The van der Waals surface area contributed by atoms with Crippen LogP contribution in [0.25, 0.3) is 10.9 Å². The standard InChI is InChI=1S/C23H18N2O3/c1-27-23(26)19-7-3-5-9-21(19)28-18-13-11-17(12-14-18)24-22-15-10-16-6-2-4-8-20(16)25-22/h2-15H,1H3,(H,24,25). The Kier molecular flexibility index (Phi) is 4.89. The number of hydrogen-bond donors (Lipinski definition) is 1. The van der Waals surface area contributed by atoms with Gasteiger partial charge in [0.2, 0.25) is 0 Å². The SMILES string of the molecule is COC(=O)c1ccccc1Oc1ccc(Nc2ccc3ccccc3n2)cc1. The van der Waals surface area contributed by atoms with Crippen LogP contribution in [-0.4, -0.2) is 18.1 Å². The molecule has 28 heavy (non-hydrogen) atoms. The highest BCUT2D eigenvalue weighted by Gasteiger charge is 2.12. The number of carbonyl (C=O) groups is 1. The predicted molar refractivity (Wildman–Crippen MR) is 109 cm³/mol. The largest absolute Gasteiger partial charge is 0.465 e. The molecule has 0 aliphatic heterocycles. The van der Waals surface area contributed by atoms with Gasteiger partial charge in [-0.1, -0.05) is 30.3 Å². The van der Waals surface area contributed by atoms with Crippen molar-refractivity contribution in [1.29, 1.82) is 0 Å². The minimum Gasteiger partial charge on any atom is -0.465 e. The number of ether oxygens (including phenoxy) is 2. The van der Waals surface area contributed by atoms with Crippen molar-refractivity contribution in [2.75, 3.05) is 12.4 Å². The number of fused-ring (bicyclic) bond motifs is 1. The average molecular weight is 370 g/mol. The fourth-order valence-electron chi connectivity index (χ4n) is 2.85. The van der Waals surface area contributed by atoms with Crippen LogP contribution in [0.2, 0.25) is 0 Å². The molecule has 0 bridgehead atoms. The smallest absolute Gasteiger partial charge is 0.341 e. The first-order valence-corrected chi connectivity index (χ1v) is 8.81. The first-order valence-electron chi connectivity index (χ1n) is 8.81. The number of anilines is 2. The number of rotatable bonds is 5. The van der Waals surface area contributed by atoms with E-state index in [0.717, 1.165) is 22.4 Å². The van der Waals surface area contributed by atoms with E-state index < -0.39 is 5.97 Å². The Morgan fingerprint density at radius 1 is 0.857 bits per heavy atom. The van der Waals surface area contributed by atoms with E-state index in [9.17, 15) is 4.79 Å². The zero-order valence-corrected chi connectivity index (χ0v) is 15.3. The summed E-state index contributed by atoms with van der Waals surface area (Å²) >= 11 is 0. The second kappa shape index (κ2) is 7.80. The molecule has 1 aromatic heterocycles. The van der Waals surface area contributed by atoms with Gasteiger partial charge >= 0.3 is 5.97 Å². The molecule has 0 amide bonds. The number of hydrogen-bond acceptors (Lipinski definition) is 5. The summed E-state index contributed by atoms with van der Waals surface area (Å²) in [5.41, 5.74) is 2.20. The van der Waals surface area contributed by atoms with Gasteiger partial charge < -0.3 is 14.8 Å². The summed E-state index contributed by atoms with van der Waals surface area (Å²) in [5, 5.41) is 4.38. The van der Waals surface area contributed by atoms with E-state index in [2.05, 4.69) is 10.3 Å². The van der Waals surface area contributed by atoms with Crippen LogP contribution < -0.4 is 10.1 Å². The summed E-state index contributed by atoms with van der Waals surface area (Å²) in [4.78, 5) is 16.5. The van der Waals surface area contributed by atoms with Gasteiger partial charge in [0.25, 0.3) is 0 Å². The average Bonchev–Trinajstić information content (AvgIpc) is 2.75. The second-order valence-electron chi connectivity index (χ2n) is 6.13. The van der Waals surface area contributed by atoms with E-state index in [1.807, 2.05) is 66.7 Å². The van der Waals surface area contributed by atoms with Crippen LogP contribution >= 0.6 is 0 Å². The lowest BCUT2D eigenvalue weighted by Crippen LogP contribution is -2.03. The van der Waals surface area contributed by atoms with Crippen molar-refractivity contribution in [3.8, 4) is 11.5 Å². The van der Waals surface area contributed by atoms with Crippen molar-refractivity contribution in [2.45, 2.75) is 0 Å². The molecule has 138 valence electrons. The van der Waals surface area contributed by atoms with Crippen LogP contribution in [0.1, 0.15) is 10.4 Å². The number of nitrogens with one attached hydrogen (secondary N) is 1. The molecule has 1 heterocycles. The topological polar surface area (TPSA) is 60.5 Å². The molecule has 0 spiro atoms. The number of carbonyl (C=O) groups excluding carboxylic acids is 1. The molecule has 0 unspecified atom stereocenters. The third-order valence-corrected chi connectivity index (χ3v) is 4.25. The number of aromatic nitrogens is 1. The molecular weight excluding hydrogens is 352 g/mol. The third kappa shape index (κ3) is 3.78. The Hall–Kier alpha value is -3.86. The molecule has 0 atom stereocenters. The molecule has 5 heteroatoms. The Labute approximate surface area is 162 Å². The van der Waals surface area contributed by atoms with E-state index in [4.69, 9.17) is 9.47 Å². The summed E-state index contributed by atoms with van der Waals surface area (Å²) in [6, 6.07) is 26.4. The van der Waals surface area contributed by atoms with Crippen LogP contribution in [0.15, 0.2) is 84.9 Å². The number of esters is 1. The Bertz CT molecular complexity index is 1120. The number of nitrogens with zero attached hydrogens (tertiary/aromatic N) is 1. The van der Waals surface area contributed by atoms with Crippen LogP contribution in [0.5, 0.6) is 11.5 Å². The molecule has 5 nitrogen and oxygen atoms in total. The van der Waals surface area contributed by atoms with Gasteiger partial charge in [-0.25, -0.2) is 9.78 Å². The Morgan fingerprint density at radius 3 is 2.43 bits per heavy atom. The van der Waals surface area contributed by atoms with Gasteiger partial charge in [0.15, 0.2) is 0 Å². The quantitative estimate of drug-likeness (QED) is 0.466. The van der Waals surface area contributed by atoms with Crippen LogP contribution in [-0.2, 0) is 4.74 Å². The minimum atomic E-state index is -0.434. The maximum atomic E-state index is 11.9. The number of pyridine rings is 1. The summed E-state index contributed by atoms with van der Waals surface area (Å²) in [5.74, 6) is 1.40. The van der Waals surface area contributed by atoms with E-state index in [-0.39, 0.29) is 0 Å². The van der Waals surface area contributed by atoms with Gasteiger partial charge in [-0.05, 0) is 54.6 Å². The monoisotopic (exact) mass is 370 g/mol. The van der Waals surface area contributed by atoms with Crippen molar-refractivity contribution in [2.24, 2.45) is 0 Å². The fourth-order valence-corrected chi connectivity index (χ4v) is 2.85.